The minimum atomic E-state index is -0.479. The summed E-state index contributed by atoms with van der Waals surface area (Å²) in [5.41, 5.74) is 0.564. The summed E-state index contributed by atoms with van der Waals surface area (Å²) in [7, 11) is 0. The molecule has 1 aromatic carbocycles. The van der Waals surface area contributed by atoms with Gasteiger partial charge in [-0.1, -0.05) is 12.1 Å². The van der Waals surface area contributed by atoms with Gasteiger partial charge in [-0.05, 0) is 35.0 Å². The average molecular weight is 315 g/mol. The summed E-state index contributed by atoms with van der Waals surface area (Å²) < 4.78 is 5.42. The Bertz CT molecular complexity index is 424. The van der Waals surface area contributed by atoms with Gasteiger partial charge >= 0.3 is 6.09 Å². The second-order valence-electron chi connectivity index (χ2n) is 3.38. The van der Waals surface area contributed by atoms with E-state index in [4.69, 9.17) is 0 Å². The van der Waals surface area contributed by atoms with Crippen LogP contribution in [0, 0.1) is 0 Å². The van der Waals surface area contributed by atoms with E-state index in [0.717, 1.165) is 4.47 Å². The van der Waals surface area contributed by atoms with E-state index in [0.29, 0.717) is 25.3 Å². The van der Waals surface area contributed by atoms with Gasteiger partial charge in [0.25, 0.3) is 5.91 Å². The van der Waals surface area contributed by atoms with Gasteiger partial charge in [-0.3, -0.25) is 4.79 Å². The molecule has 2 amide bonds. The van der Waals surface area contributed by atoms with Crippen LogP contribution < -0.4 is 10.6 Å². The van der Waals surface area contributed by atoms with Crippen LogP contribution in [-0.4, -0.2) is 31.7 Å². The molecule has 5 nitrogen and oxygen atoms in total. The number of nitrogens with one attached hydrogen (secondary N) is 2. The minimum Gasteiger partial charge on any atom is -0.450 e. The predicted molar refractivity (Wildman–Crippen MR) is 71.5 cm³/mol. The summed E-state index contributed by atoms with van der Waals surface area (Å²) in [5.74, 6) is -0.187. The van der Waals surface area contributed by atoms with Gasteiger partial charge in [0.2, 0.25) is 0 Å². The van der Waals surface area contributed by atoms with Crippen LogP contribution in [-0.2, 0) is 4.74 Å². The van der Waals surface area contributed by atoms with Crippen LogP contribution in [0.2, 0.25) is 0 Å². The topological polar surface area (TPSA) is 67.4 Å². The molecule has 1 aromatic rings. The zero-order chi connectivity index (χ0) is 13.4. The van der Waals surface area contributed by atoms with Crippen LogP contribution in [0.1, 0.15) is 17.3 Å². The Kier molecular flexibility index (Phi) is 6.21. The molecule has 0 aromatic heterocycles. The summed E-state index contributed by atoms with van der Waals surface area (Å²) in [5, 5.41) is 5.22. The second-order valence-corrected chi connectivity index (χ2v) is 4.24. The van der Waals surface area contributed by atoms with Crippen LogP contribution in [0.25, 0.3) is 0 Å². The molecule has 0 aliphatic rings. The van der Waals surface area contributed by atoms with Crippen molar-refractivity contribution in [3.63, 3.8) is 0 Å². The first-order valence-electron chi connectivity index (χ1n) is 5.58. The van der Waals surface area contributed by atoms with Gasteiger partial charge in [0.15, 0.2) is 0 Å². The summed E-state index contributed by atoms with van der Waals surface area (Å²) in [6.07, 6.45) is -0.479. The normalized spacial score (nSPS) is 9.67. The first-order chi connectivity index (χ1) is 8.65. The molecular formula is C12H15BrN2O3. The first-order valence-corrected chi connectivity index (χ1v) is 6.37. The molecule has 98 valence electrons. The maximum atomic E-state index is 11.8. The number of carbonyl (C=O) groups is 2. The molecule has 0 bridgehead atoms. The Labute approximate surface area is 114 Å². The lowest BCUT2D eigenvalue weighted by atomic mass is 10.2. The van der Waals surface area contributed by atoms with Crippen molar-refractivity contribution in [2.75, 3.05) is 19.7 Å². The molecule has 0 saturated carbocycles. The molecule has 0 aliphatic carbocycles. The van der Waals surface area contributed by atoms with E-state index in [9.17, 15) is 9.59 Å². The van der Waals surface area contributed by atoms with Gasteiger partial charge in [-0.15, -0.1) is 0 Å². The van der Waals surface area contributed by atoms with Crippen molar-refractivity contribution in [2.45, 2.75) is 6.92 Å². The monoisotopic (exact) mass is 314 g/mol. The maximum Gasteiger partial charge on any atom is 0.407 e. The molecule has 0 unspecified atom stereocenters. The smallest absolute Gasteiger partial charge is 0.407 e. The summed E-state index contributed by atoms with van der Waals surface area (Å²) in [6, 6.07) is 7.14. The quantitative estimate of drug-likeness (QED) is 0.816. The van der Waals surface area contributed by atoms with Crippen molar-refractivity contribution in [1.82, 2.24) is 10.6 Å². The highest BCUT2D eigenvalue weighted by molar-refractivity contribution is 9.10. The van der Waals surface area contributed by atoms with E-state index < -0.39 is 6.09 Å². The van der Waals surface area contributed by atoms with Crippen LogP contribution in [0.3, 0.4) is 0 Å². The van der Waals surface area contributed by atoms with Crippen molar-refractivity contribution >= 4 is 27.9 Å². The largest absolute Gasteiger partial charge is 0.450 e. The van der Waals surface area contributed by atoms with Crippen molar-refractivity contribution in [3.8, 4) is 0 Å². The zero-order valence-corrected chi connectivity index (χ0v) is 11.6. The van der Waals surface area contributed by atoms with Crippen LogP contribution in [0.15, 0.2) is 28.7 Å². The molecule has 0 heterocycles. The summed E-state index contributed by atoms with van der Waals surface area (Å²) in [6.45, 7) is 2.73. The van der Waals surface area contributed by atoms with E-state index >= 15 is 0 Å². The molecule has 0 fully saturated rings. The number of hydrogen-bond acceptors (Lipinski definition) is 3. The number of alkyl carbamates (subject to hydrolysis) is 1. The SMILES string of the molecule is CCOC(=O)NCCNC(=O)c1ccccc1Br. The van der Waals surface area contributed by atoms with Crippen molar-refractivity contribution in [3.05, 3.63) is 34.3 Å². The number of carbonyl (C=O) groups excluding carboxylic acids is 2. The van der Waals surface area contributed by atoms with Gasteiger partial charge in [0, 0.05) is 17.6 Å². The highest BCUT2D eigenvalue weighted by Crippen LogP contribution is 2.15. The van der Waals surface area contributed by atoms with Crippen molar-refractivity contribution in [2.24, 2.45) is 0 Å². The molecule has 6 heteroatoms. The van der Waals surface area contributed by atoms with Crippen LogP contribution in [0.5, 0.6) is 0 Å². The van der Waals surface area contributed by atoms with E-state index in [2.05, 4.69) is 31.3 Å². The molecule has 2 N–H and O–H groups in total. The fourth-order valence-electron chi connectivity index (χ4n) is 1.26. The summed E-state index contributed by atoms with van der Waals surface area (Å²) in [4.78, 5) is 22.7. The number of rotatable bonds is 5. The van der Waals surface area contributed by atoms with Gasteiger partial charge in [-0.2, -0.15) is 0 Å². The zero-order valence-electron chi connectivity index (χ0n) is 10.0. The number of ether oxygens (including phenoxy) is 1. The fraction of sp³-hybridized carbons (Fsp3) is 0.333. The maximum absolute atomic E-state index is 11.8. The van der Waals surface area contributed by atoms with E-state index in [1.54, 1.807) is 25.1 Å². The lowest BCUT2D eigenvalue weighted by molar-refractivity contribution is 0.0951. The van der Waals surface area contributed by atoms with Gasteiger partial charge in [0.1, 0.15) is 0 Å². The van der Waals surface area contributed by atoms with Gasteiger partial charge in [-0.25, -0.2) is 4.79 Å². The van der Waals surface area contributed by atoms with Gasteiger partial charge in [0.05, 0.1) is 12.2 Å². The number of benzene rings is 1. The van der Waals surface area contributed by atoms with E-state index in [-0.39, 0.29) is 5.91 Å². The minimum absolute atomic E-state index is 0.187. The molecular weight excluding hydrogens is 300 g/mol. The van der Waals surface area contributed by atoms with Gasteiger partial charge < -0.3 is 15.4 Å². The Morgan fingerprint density at radius 1 is 1.22 bits per heavy atom. The predicted octanol–water partition coefficient (Wildman–Crippen LogP) is 1.92. The first kappa shape index (κ1) is 14.5. The molecule has 0 spiro atoms. The summed E-state index contributed by atoms with van der Waals surface area (Å²) >= 11 is 3.30. The molecule has 18 heavy (non-hydrogen) atoms. The third-order valence-electron chi connectivity index (χ3n) is 2.07. The van der Waals surface area contributed by atoms with Crippen molar-refractivity contribution < 1.29 is 14.3 Å². The van der Waals surface area contributed by atoms with Crippen LogP contribution in [0.4, 0.5) is 4.79 Å². The van der Waals surface area contributed by atoms with Crippen LogP contribution >= 0.6 is 15.9 Å². The Morgan fingerprint density at radius 3 is 2.56 bits per heavy atom. The number of halogens is 1. The second kappa shape index (κ2) is 7.71. The Hall–Kier alpha value is -1.56. The Morgan fingerprint density at radius 2 is 1.89 bits per heavy atom. The number of amides is 2. The van der Waals surface area contributed by atoms with E-state index in [1.165, 1.54) is 0 Å². The van der Waals surface area contributed by atoms with E-state index in [1.807, 2.05) is 6.07 Å². The highest BCUT2D eigenvalue weighted by Gasteiger charge is 2.08. The molecule has 0 saturated heterocycles. The fourth-order valence-corrected chi connectivity index (χ4v) is 1.73. The lowest BCUT2D eigenvalue weighted by Crippen LogP contribution is -2.35. The number of hydrogen-bond donors (Lipinski definition) is 2. The third-order valence-corrected chi connectivity index (χ3v) is 2.77. The van der Waals surface area contributed by atoms with Crippen molar-refractivity contribution in [1.29, 1.82) is 0 Å². The Balaban J connectivity index is 2.30. The average Bonchev–Trinajstić information content (AvgIpc) is 2.35. The molecule has 0 radical (unpaired) electrons. The molecule has 1 rings (SSSR count). The molecule has 0 atom stereocenters. The molecule has 0 aliphatic heterocycles. The highest BCUT2D eigenvalue weighted by atomic mass is 79.9. The standard InChI is InChI=1S/C12H15BrN2O3/c1-2-18-12(17)15-8-7-14-11(16)9-5-3-4-6-10(9)13/h3-6H,2,7-8H2,1H3,(H,14,16)(H,15,17). The lowest BCUT2D eigenvalue weighted by Gasteiger charge is -2.08. The third kappa shape index (κ3) is 4.75.